The topological polar surface area (TPSA) is 48.9 Å². The van der Waals surface area contributed by atoms with Gasteiger partial charge in [-0.1, -0.05) is 34.8 Å². The highest BCUT2D eigenvalue weighted by Gasteiger charge is 2.21. The number of nitrogens with one attached hydrogen (secondary N) is 1. The Morgan fingerprint density at radius 2 is 1.81 bits per heavy atom. The number of imidazole rings is 1. The number of fused-ring (bicyclic) bond motifs is 1. The lowest BCUT2D eigenvalue weighted by Crippen LogP contribution is -1.86. The van der Waals surface area contributed by atoms with Gasteiger partial charge < -0.3 is 10.1 Å². The molecule has 0 bridgehead atoms. The van der Waals surface area contributed by atoms with E-state index >= 15 is 0 Å². The third kappa shape index (κ3) is 2.21. The first-order valence-electron chi connectivity index (χ1n) is 5.60. The molecule has 3 nitrogen and oxygen atoms in total. The molecule has 0 spiro atoms. The average molecular weight is 350 g/mol. The van der Waals surface area contributed by atoms with Crippen LogP contribution in [0.4, 0.5) is 8.78 Å². The summed E-state index contributed by atoms with van der Waals surface area (Å²) in [6.45, 7) is 0. The molecule has 0 aliphatic heterocycles. The number of benzene rings is 2. The van der Waals surface area contributed by atoms with Crippen molar-refractivity contribution in [2.45, 2.75) is 0 Å². The fourth-order valence-corrected chi connectivity index (χ4v) is 2.63. The van der Waals surface area contributed by atoms with E-state index in [1.54, 1.807) is 0 Å². The molecular formula is C13H5Cl3F2N2O. The number of rotatable bonds is 1. The molecule has 2 N–H and O–H groups in total. The Bertz CT molecular complexity index is 853. The highest BCUT2D eigenvalue weighted by molar-refractivity contribution is 6.45. The molecule has 1 heterocycles. The molecule has 0 atom stereocenters. The number of aromatic hydroxyl groups is 1. The predicted octanol–water partition coefficient (Wildman–Crippen LogP) is 5.17. The van der Waals surface area contributed by atoms with Gasteiger partial charge in [0.05, 0.1) is 26.1 Å². The van der Waals surface area contributed by atoms with E-state index in [-0.39, 0.29) is 43.2 Å². The predicted molar refractivity (Wildman–Crippen MR) is 78.1 cm³/mol. The Labute approximate surface area is 132 Å². The molecule has 2 aromatic carbocycles. The van der Waals surface area contributed by atoms with Crippen molar-refractivity contribution < 1.29 is 13.9 Å². The van der Waals surface area contributed by atoms with E-state index in [1.165, 1.54) is 12.1 Å². The molecule has 0 aliphatic carbocycles. The van der Waals surface area contributed by atoms with Crippen molar-refractivity contribution >= 4 is 45.8 Å². The van der Waals surface area contributed by atoms with Crippen LogP contribution in [0.25, 0.3) is 22.4 Å². The van der Waals surface area contributed by atoms with Gasteiger partial charge in [0, 0.05) is 0 Å². The van der Waals surface area contributed by atoms with E-state index < -0.39 is 11.6 Å². The minimum Gasteiger partial charge on any atom is -0.506 e. The second-order valence-electron chi connectivity index (χ2n) is 4.22. The second-order valence-corrected chi connectivity index (χ2v) is 5.41. The van der Waals surface area contributed by atoms with Crippen molar-refractivity contribution in [3.05, 3.63) is 44.9 Å². The zero-order valence-corrected chi connectivity index (χ0v) is 12.3. The molecule has 3 aromatic rings. The molecule has 3 rings (SSSR count). The average Bonchev–Trinajstić information content (AvgIpc) is 2.86. The third-order valence-corrected chi connectivity index (χ3v) is 4.00. The number of aromatic amines is 1. The number of H-pyrrole nitrogens is 1. The van der Waals surface area contributed by atoms with Crippen molar-refractivity contribution in [2.24, 2.45) is 0 Å². The Hall–Kier alpha value is -1.56. The molecular weight excluding hydrogens is 345 g/mol. The summed E-state index contributed by atoms with van der Waals surface area (Å²) >= 11 is 17.7. The van der Waals surface area contributed by atoms with Crippen molar-refractivity contribution in [3.8, 4) is 17.1 Å². The maximum atomic E-state index is 13.7. The molecule has 0 saturated heterocycles. The summed E-state index contributed by atoms with van der Waals surface area (Å²) in [6.07, 6.45) is 0. The lowest BCUT2D eigenvalue weighted by atomic mass is 10.2. The van der Waals surface area contributed by atoms with E-state index in [0.717, 1.165) is 6.07 Å². The molecule has 0 unspecified atom stereocenters. The van der Waals surface area contributed by atoms with Gasteiger partial charge in [-0.3, -0.25) is 0 Å². The van der Waals surface area contributed by atoms with Crippen LogP contribution < -0.4 is 0 Å². The first-order chi connectivity index (χ1) is 9.90. The van der Waals surface area contributed by atoms with Crippen LogP contribution in [0.2, 0.25) is 15.1 Å². The van der Waals surface area contributed by atoms with Crippen molar-refractivity contribution in [3.63, 3.8) is 0 Å². The highest BCUT2D eigenvalue weighted by atomic mass is 35.5. The number of halogens is 5. The maximum absolute atomic E-state index is 13.7. The van der Waals surface area contributed by atoms with Crippen molar-refractivity contribution in [1.29, 1.82) is 0 Å². The van der Waals surface area contributed by atoms with Crippen LogP contribution in [0, 0.1) is 11.6 Å². The smallest absolute Gasteiger partial charge is 0.186 e. The number of phenolic OH excluding ortho intramolecular Hbond substituents is 1. The van der Waals surface area contributed by atoms with Crippen LogP contribution in [0.1, 0.15) is 0 Å². The molecule has 0 fully saturated rings. The maximum Gasteiger partial charge on any atom is 0.186 e. The van der Waals surface area contributed by atoms with E-state index in [9.17, 15) is 13.9 Å². The van der Waals surface area contributed by atoms with Gasteiger partial charge in [0.1, 0.15) is 17.1 Å². The zero-order chi connectivity index (χ0) is 15.3. The van der Waals surface area contributed by atoms with E-state index in [2.05, 4.69) is 9.97 Å². The van der Waals surface area contributed by atoms with Gasteiger partial charge in [0.15, 0.2) is 11.6 Å². The summed E-state index contributed by atoms with van der Waals surface area (Å²) in [6, 6.07) is 3.56. The largest absolute Gasteiger partial charge is 0.506 e. The summed E-state index contributed by atoms with van der Waals surface area (Å²) in [5, 5.41) is 10.1. The fraction of sp³-hybridized carbons (Fsp3) is 0. The van der Waals surface area contributed by atoms with Crippen LogP contribution in [0.5, 0.6) is 5.75 Å². The monoisotopic (exact) mass is 348 g/mol. The Balaban J connectivity index is 2.34. The summed E-state index contributed by atoms with van der Waals surface area (Å²) < 4.78 is 26.9. The molecule has 108 valence electrons. The van der Waals surface area contributed by atoms with Crippen LogP contribution in [0.15, 0.2) is 18.2 Å². The molecule has 0 saturated carbocycles. The summed E-state index contributed by atoms with van der Waals surface area (Å²) in [7, 11) is 0. The second kappa shape index (κ2) is 5.02. The van der Waals surface area contributed by atoms with Crippen LogP contribution in [0.3, 0.4) is 0 Å². The number of hydrogen-bond donors (Lipinski definition) is 2. The first-order valence-corrected chi connectivity index (χ1v) is 6.74. The van der Waals surface area contributed by atoms with Gasteiger partial charge in [-0.05, 0) is 18.2 Å². The number of hydrogen-bond acceptors (Lipinski definition) is 2. The van der Waals surface area contributed by atoms with E-state index in [4.69, 9.17) is 34.8 Å². The fourth-order valence-electron chi connectivity index (χ4n) is 1.94. The minimum atomic E-state index is -1.10. The number of nitrogens with zero attached hydrogens (tertiary/aromatic N) is 1. The zero-order valence-electron chi connectivity index (χ0n) is 10.0. The van der Waals surface area contributed by atoms with E-state index in [1.807, 2.05) is 0 Å². The lowest BCUT2D eigenvalue weighted by Gasteiger charge is -2.07. The van der Waals surface area contributed by atoms with Crippen molar-refractivity contribution in [1.82, 2.24) is 9.97 Å². The Kier molecular flexibility index (Phi) is 3.43. The molecule has 0 radical (unpaired) electrons. The Morgan fingerprint density at radius 1 is 1.10 bits per heavy atom. The lowest BCUT2D eigenvalue weighted by molar-refractivity contribution is 0.477. The molecule has 8 heteroatoms. The van der Waals surface area contributed by atoms with Gasteiger partial charge in [-0.2, -0.15) is 0 Å². The number of phenols is 1. The van der Waals surface area contributed by atoms with Gasteiger partial charge in [-0.25, -0.2) is 13.8 Å². The minimum absolute atomic E-state index is 0.00139. The quantitative estimate of drug-likeness (QED) is 0.595. The van der Waals surface area contributed by atoms with Crippen LogP contribution in [-0.4, -0.2) is 15.1 Å². The molecule has 1 aromatic heterocycles. The summed E-state index contributed by atoms with van der Waals surface area (Å²) in [5.41, 5.74) is 0.0530. The molecule has 21 heavy (non-hydrogen) atoms. The Morgan fingerprint density at radius 3 is 2.52 bits per heavy atom. The standard InChI is InChI=1S/C13H5Cl3F2N2O/c14-4-3-5(15)12(21)8(9(4)16)13-19-7-2-1-6(17)10(18)11(7)20-13/h1-3,21H,(H,19,20). The van der Waals surface area contributed by atoms with Crippen molar-refractivity contribution in [2.75, 3.05) is 0 Å². The highest BCUT2D eigenvalue weighted by Crippen LogP contribution is 2.44. The van der Waals surface area contributed by atoms with Gasteiger partial charge in [-0.15, -0.1) is 0 Å². The van der Waals surface area contributed by atoms with E-state index in [0.29, 0.717) is 0 Å². The van der Waals surface area contributed by atoms with Gasteiger partial charge in [0.25, 0.3) is 0 Å². The van der Waals surface area contributed by atoms with Gasteiger partial charge in [0.2, 0.25) is 0 Å². The number of aromatic nitrogens is 2. The molecule has 0 aliphatic rings. The van der Waals surface area contributed by atoms with Crippen LogP contribution >= 0.6 is 34.8 Å². The van der Waals surface area contributed by atoms with Gasteiger partial charge >= 0.3 is 0 Å². The van der Waals surface area contributed by atoms with Crippen LogP contribution in [-0.2, 0) is 0 Å². The summed E-state index contributed by atoms with van der Waals surface area (Å²) in [4.78, 5) is 6.65. The normalized spacial score (nSPS) is 11.3. The first kappa shape index (κ1) is 14.4. The third-order valence-electron chi connectivity index (χ3n) is 2.93. The molecule has 0 amide bonds. The summed E-state index contributed by atoms with van der Waals surface area (Å²) in [5.74, 6) is -2.45. The SMILES string of the molecule is Oc1c(Cl)cc(Cl)c(Cl)c1-c1nc2c(F)c(F)ccc2[nH]1.